The molecule has 0 aromatic carbocycles. The molecule has 0 saturated heterocycles. The zero-order valence-electron chi connectivity index (χ0n) is 9.67. The normalized spacial score (nSPS) is 12.1. The first-order valence-corrected chi connectivity index (χ1v) is 5.33. The molecule has 1 aromatic heterocycles. The summed E-state index contributed by atoms with van der Waals surface area (Å²) in [6.07, 6.45) is 2.00. The molecule has 0 aliphatic carbocycles. The monoisotopic (exact) mass is 195 g/mol. The van der Waals surface area contributed by atoms with Crippen LogP contribution in [0.15, 0.2) is 6.07 Å². The number of hydrogen-bond donors (Lipinski definition) is 1. The fraction of sp³-hybridized carbons (Fsp3) is 0.727. The number of hydrogen-bond acceptors (Lipinski definition) is 2. The largest absolute Gasteiger partial charge is 0.328 e. The molecule has 1 heterocycles. The number of rotatable bonds is 4. The second-order valence-corrected chi connectivity index (χ2v) is 4.26. The molecule has 2 N–H and O–H groups in total. The fourth-order valence-corrected chi connectivity index (χ4v) is 1.51. The second-order valence-electron chi connectivity index (χ2n) is 4.26. The predicted octanol–water partition coefficient (Wildman–Crippen LogP) is 1.70. The van der Waals surface area contributed by atoms with Crippen molar-refractivity contribution in [1.29, 1.82) is 0 Å². The predicted molar refractivity (Wildman–Crippen MR) is 59.4 cm³/mol. The van der Waals surface area contributed by atoms with Crippen molar-refractivity contribution < 1.29 is 0 Å². The highest BCUT2D eigenvalue weighted by atomic mass is 15.3. The maximum absolute atomic E-state index is 5.75. The van der Waals surface area contributed by atoms with Gasteiger partial charge in [-0.15, -0.1) is 0 Å². The molecule has 0 bridgehead atoms. The molecule has 0 saturated carbocycles. The van der Waals surface area contributed by atoms with Crippen molar-refractivity contribution in [3.63, 3.8) is 0 Å². The molecule has 0 atom stereocenters. The van der Waals surface area contributed by atoms with Crippen molar-refractivity contribution in [2.75, 3.05) is 6.54 Å². The number of nitrogens with zero attached hydrogens (tertiary/aromatic N) is 2. The van der Waals surface area contributed by atoms with Crippen LogP contribution in [0.1, 0.15) is 39.1 Å². The standard InChI is InChI=1S/C11H21N3/c1-5-9-7-10(6-2)14(13-9)11(3,4)8-12/h7H,5-6,8,12H2,1-4H3. The molecule has 0 aliphatic rings. The number of aryl methyl sites for hydroxylation is 2. The third-order valence-corrected chi connectivity index (χ3v) is 2.63. The van der Waals surface area contributed by atoms with Gasteiger partial charge in [0.05, 0.1) is 11.2 Å². The van der Waals surface area contributed by atoms with Gasteiger partial charge in [-0.3, -0.25) is 4.68 Å². The minimum absolute atomic E-state index is 0.0707. The Hall–Kier alpha value is -0.830. The molecule has 0 unspecified atom stereocenters. The smallest absolute Gasteiger partial charge is 0.0696 e. The van der Waals surface area contributed by atoms with Crippen molar-refractivity contribution in [2.24, 2.45) is 5.73 Å². The van der Waals surface area contributed by atoms with Gasteiger partial charge in [0.25, 0.3) is 0 Å². The van der Waals surface area contributed by atoms with Crippen LogP contribution >= 0.6 is 0 Å². The lowest BCUT2D eigenvalue weighted by Gasteiger charge is -2.25. The number of nitrogens with two attached hydrogens (primary N) is 1. The summed E-state index contributed by atoms with van der Waals surface area (Å²) in [6, 6.07) is 2.18. The zero-order valence-corrected chi connectivity index (χ0v) is 9.67. The highest BCUT2D eigenvalue weighted by Gasteiger charge is 2.21. The van der Waals surface area contributed by atoms with Gasteiger partial charge in [-0.05, 0) is 32.8 Å². The van der Waals surface area contributed by atoms with Gasteiger partial charge in [0.1, 0.15) is 0 Å². The van der Waals surface area contributed by atoms with Crippen molar-refractivity contribution in [3.05, 3.63) is 17.5 Å². The SMILES string of the molecule is CCc1cc(CC)n(C(C)(C)CN)n1. The average Bonchev–Trinajstić information content (AvgIpc) is 2.61. The Balaban J connectivity index is 3.12. The summed E-state index contributed by atoms with van der Waals surface area (Å²) in [5.74, 6) is 0. The van der Waals surface area contributed by atoms with Crippen LogP contribution in [-0.2, 0) is 18.4 Å². The van der Waals surface area contributed by atoms with E-state index in [1.54, 1.807) is 0 Å². The average molecular weight is 195 g/mol. The fourth-order valence-electron chi connectivity index (χ4n) is 1.51. The van der Waals surface area contributed by atoms with Crippen molar-refractivity contribution >= 4 is 0 Å². The van der Waals surface area contributed by atoms with E-state index in [-0.39, 0.29) is 5.54 Å². The second kappa shape index (κ2) is 4.13. The molecule has 3 heteroatoms. The molecule has 14 heavy (non-hydrogen) atoms. The summed E-state index contributed by atoms with van der Waals surface area (Å²) >= 11 is 0. The van der Waals surface area contributed by atoms with E-state index in [0.717, 1.165) is 18.5 Å². The molecule has 0 amide bonds. The quantitative estimate of drug-likeness (QED) is 0.794. The van der Waals surface area contributed by atoms with Gasteiger partial charge in [-0.2, -0.15) is 5.10 Å². The molecule has 0 spiro atoms. The van der Waals surface area contributed by atoms with Gasteiger partial charge < -0.3 is 5.73 Å². The van der Waals surface area contributed by atoms with Crippen LogP contribution in [0.4, 0.5) is 0 Å². The lowest BCUT2D eigenvalue weighted by molar-refractivity contribution is 0.318. The van der Waals surface area contributed by atoms with Gasteiger partial charge in [-0.1, -0.05) is 13.8 Å². The minimum atomic E-state index is -0.0707. The summed E-state index contributed by atoms with van der Waals surface area (Å²) in [5.41, 5.74) is 8.11. The molecule has 1 aromatic rings. The van der Waals surface area contributed by atoms with E-state index in [1.165, 1.54) is 5.69 Å². The zero-order chi connectivity index (χ0) is 10.8. The Morgan fingerprint density at radius 1 is 1.36 bits per heavy atom. The Labute approximate surface area is 86.3 Å². The van der Waals surface area contributed by atoms with E-state index in [0.29, 0.717) is 6.54 Å². The van der Waals surface area contributed by atoms with Crippen LogP contribution in [0.25, 0.3) is 0 Å². The summed E-state index contributed by atoms with van der Waals surface area (Å²) in [6.45, 7) is 9.14. The molecule has 0 fully saturated rings. The van der Waals surface area contributed by atoms with Crippen LogP contribution < -0.4 is 5.73 Å². The molecule has 80 valence electrons. The van der Waals surface area contributed by atoms with E-state index in [1.807, 2.05) is 0 Å². The van der Waals surface area contributed by atoms with E-state index in [9.17, 15) is 0 Å². The summed E-state index contributed by atoms with van der Waals surface area (Å²) in [7, 11) is 0. The molecule has 0 aliphatic heterocycles. The van der Waals surface area contributed by atoms with Crippen LogP contribution in [0, 0.1) is 0 Å². The van der Waals surface area contributed by atoms with Gasteiger partial charge in [0.2, 0.25) is 0 Å². The van der Waals surface area contributed by atoms with E-state index < -0.39 is 0 Å². The first-order chi connectivity index (χ1) is 6.55. The third kappa shape index (κ3) is 1.98. The molecular weight excluding hydrogens is 174 g/mol. The summed E-state index contributed by atoms with van der Waals surface area (Å²) in [5, 5.41) is 4.58. The van der Waals surface area contributed by atoms with Gasteiger partial charge in [0.15, 0.2) is 0 Å². The Kier molecular flexibility index (Phi) is 3.32. The minimum Gasteiger partial charge on any atom is -0.328 e. The van der Waals surface area contributed by atoms with E-state index in [2.05, 4.69) is 43.5 Å². The topological polar surface area (TPSA) is 43.8 Å². The first kappa shape index (κ1) is 11.2. The summed E-state index contributed by atoms with van der Waals surface area (Å²) in [4.78, 5) is 0. The lowest BCUT2D eigenvalue weighted by Crippen LogP contribution is -2.37. The van der Waals surface area contributed by atoms with Crippen LogP contribution in [-0.4, -0.2) is 16.3 Å². The van der Waals surface area contributed by atoms with Crippen molar-refractivity contribution in [1.82, 2.24) is 9.78 Å². The number of aromatic nitrogens is 2. The maximum Gasteiger partial charge on any atom is 0.0696 e. The van der Waals surface area contributed by atoms with Gasteiger partial charge >= 0.3 is 0 Å². The third-order valence-electron chi connectivity index (χ3n) is 2.63. The Bertz CT molecular complexity index is 299. The van der Waals surface area contributed by atoms with Gasteiger partial charge in [-0.25, -0.2) is 0 Å². The highest BCUT2D eigenvalue weighted by molar-refractivity contribution is 5.12. The van der Waals surface area contributed by atoms with Crippen LogP contribution in [0.3, 0.4) is 0 Å². The van der Waals surface area contributed by atoms with Gasteiger partial charge in [0, 0.05) is 12.2 Å². The van der Waals surface area contributed by atoms with Crippen molar-refractivity contribution in [3.8, 4) is 0 Å². The van der Waals surface area contributed by atoms with Crippen LogP contribution in [0.2, 0.25) is 0 Å². The van der Waals surface area contributed by atoms with E-state index in [4.69, 9.17) is 5.73 Å². The lowest BCUT2D eigenvalue weighted by atomic mass is 10.1. The van der Waals surface area contributed by atoms with E-state index >= 15 is 0 Å². The summed E-state index contributed by atoms with van der Waals surface area (Å²) < 4.78 is 2.08. The Morgan fingerprint density at radius 2 is 2.00 bits per heavy atom. The molecule has 1 rings (SSSR count). The first-order valence-electron chi connectivity index (χ1n) is 5.33. The highest BCUT2D eigenvalue weighted by Crippen LogP contribution is 2.17. The molecule has 3 nitrogen and oxygen atoms in total. The molecular formula is C11H21N3. The Morgan fingerprint density at radius 3 is 2.43 bits per heavy atom. The van der Waals surface area contributed by atoms with Crippen molar-refractivity contribution in [2.45, 2.75) is 46.1 Å². The molecule has 0 radical (unpaired) electrons. The van der Waals surface area contributed by atoms with Crippen LogP contribution in [0.5, 0.6) is 0 Å². The maximum atomic E-state index is 5.75.